The molecule has 0 amide bonds. The standard InChI is InChI=1S/C9H18N2O/c1-10-6-9-5-8(10)7-11(9)3-4-12-2/h8-9H,3-7H2,1-2H3. The van der Waals surface area contributed by atoms with Crippen LogP contribution in [0, 0.1) is 0 Å². The summed E-state index contributed by atoms with van der Waals surface area (Å²) in [5.41, 5.74) is 0. The van der Waals surface area contributed by atoms with E-state index >= 15 is 0 Å². The molecule has 2 aliphatic heterocycles. The number of likely N-dealkylation sites (tertiary alicyclic amines) is 2. The second-order valence-corrected chi connectivity index (χ2v) is 3.97. The molecule has 3 nitrogen and oxygen atoms in total. The molecule has 0 radical (unpaired) electrons. The fourth-order valence-corrected chi connectivity index (χ4v) is 2.43. The molecule has 12 heavy (non-hydrogen) atoms. The van der Waals surface area contributed by atoms with Crippen LogP contribution in [-0.2, 0) is 4.74 Å². The molecule has 2 heterocycles. The SMILES string of the molecule is COCCN1CC2CC1CN2C. The zero-order valence-corrected chi connectivity index (χ0v) is 7.99. The van der Waals surface area contributed by atoms with Crippen molar-refractivity contribution in [3.05, 3.63) is 0 Å². The number of ether oxygens (including phenoxy) is 1. The molecular weight excluding hydrogens is 152 g/mol. The quantitative estimate of drug-likeness (QED) is 0.594. The molecule has 0 aromatic carbocycles. The van der Waals surface area contributed by atoms with Crippen molar-refractivity contribution >= 4 is 0 Å². The summed E-state index contributed by atoms with van der Waals surface area (Å²) in [7, 11) is 4.01. The molecule has 3 heteroatoms. The lowest BCUT2D eigenvalue weighted by Gasteiger charge is -2.31. The highest BCUT2D eigenvalue weighted by Crippen LogP contribution is 2.28. The average Bonchev–Trinajstić information content (AvgIpc) is 2.58. The van der Waals surface area contributed by atoms with Crippen LogP contribution in [0.5, 0.6) is 0 Å². The average molecular weight is 170 g/mol. The van der Waals surface area contributed by atoms with Crippen LogP contribution in [0.3, 0.4) is 0 Å². The smallest absolute Gasteiger partial charge is 0.0589 e. The molecule has 0 aliphatic carbocycles. The van der Waals surface area contributed by atoms with Gasteiger partial charge in [-0.2, -0.15) is 0 Å². The summed E-state index contributed by atoms with van der Waals surface area (Å²) in [5, 5.41) is 0. The van der Waals surface area contributed by atoms with Crippen LogP contribution >= 0.6 is 0 Å². The molecule has 2 rings (SSSR count). The third-order valence-corrected chi connectivity index (χ3v) is 3.21. The lowest BCUT2D eigenvalue weighted by Crippen LogP contribution is -2.45. The number of nitrogens with zero attached hydrogens (tertiary/aromatic N) is 2. The van der Waals surface area contributed by atoms with E-state index in [4.69, 9.17) is 4.74 Å². The van der Waals surface area contributed by atoms with Gasteiger partial charge in [-0.3, -0.25) is 4.90 Å². The number of likely N-dealkylation sites (N-methyl/N-ethyl adjacent to an activating group) is 1. The van der Waals surface area contributed by atoms with Crippen molar-refractivity contribution in [3.8, 4) is 0 Å². The second kappa shape index (κ2) is 3.32. The van der Waals surface area contributed by atoms with Crippen LogP contribution in [0.1, 0.15) is 6.42 Å². The zero-order valence-electron chi connectivity index (χ0n) is 7.99. The van der Waals surface area contributed by atoms with Crippen molar-refractivity contribution in [2.75, 3.05) is 40.4 Å². The number of hydrogen-bond acceptors (Lipinski definition) is 3. The van der Waals surface area contributed by atoms with Gasteiger partial charge in [0.2, 0.25) is 0 Å². The van der Waals surface area contributed by atoms with Gasteiger partial charge in [0, 0.05) is 38.8 Å². The Hall–Kier alpha value is -0.120. The first-order valence-electron chi connectivity index (χ1n) is 4.74. The van der Waals surface area contributed by atoms with Crippen LogP contribution < -0.4 is 0 Å². The molecule has 0 aromatic heterocycles. The molecule has 2 aliphatic rings. The fourth-order valence-electron chi connectivity index (χ4n) is 2.43. The van der Waals surface area contributed by atoms with Crippen LogP contribution in [0.4, 0.5) is 0 Å². The van der Waals surface area contributed by atoms with Crippen molar-refractivity contribution in [1.82, 2.24) is 9.80 Å². The number of rotatable bonds is 3. The number of fused-ring (bicyclic) bond motifs is 2. The zero-order chi connectivity index (χ0) is 8.55. The van der Waals surface area contributed by atoms with Gasteiger partial charge in [0.15, 0.2) is 0 Å². The first-order valence-corrected chi connectivity index (χ1v) is 4.74. The summed E-state index contributed by atoms with van der Waals surface area (Å²) in [6.45, 7) is 4.51. The Morgan fingerprint density at radius 2 is 2.17 bits per heavy atom. The largest absolute Gasteiger partial charge is 0.383 e. The van der Waals surface area contributed by atoms with E-state index in [0.717, 1.165) is 25.2 Å². The van der Waals surface area contributed by atoms with E-state index in [-0.39, 0.29) is 0 Å². The Balaban J connectivity index is 1.82. The molecular formula is C9H18N2O. The highest BCUT2D eigenvalue weighted by Gasteiger charge is 2.40. The van der Waals surface area contributed by atoms with Crippen LogP contribution in [0.25, 0.3) is 0 Å². The van der Waals surface area contributed by atoms with E-state index in [9.17, 15) is 0 Å². The summed E-state index contributed by atoms with van der Waals surface area (Å²) >= 11 is 0. The normalized spacial score (nSPS) is 36.5. The number of hydrogen-bond donors (Lipinski definition) is 0. The van der Waals surface area contributed by atoms with Crippen molar-refractivity contribution < 1.29 is 4.74 Å². The molecule has 2 fully saturated rings. The van der Waals surface area contributed by atoms with Crippen LogP contribution in [0.15, 0.2) is 0 Å². The van der Waals surface area contributed by atoms with Crippen molar-refractivity contribution in [3.63, 3.8) is 0 Å². The molecule has 0 N–H and O–H groups in total. The maximum Gasteiger partial charge on any atom is 0.0589 e. The van der Waals surface area contributed by atoms with Gasteiger partial charge in [0.25, 0.3) is 0 Å². The first kappa shape index (κ1) is 8.48. The molecule has 0 aromatic rings. The molecule has 2 atom stereocenters. The summed E-state index contributed by atoms with van der Waals surface area (Å²) in [6, 6.07) is 1.64. The Morgan fingerprint density at radius 3 is 2.67 bits per heavy atom. The van der Waals surface area contributed by atoms with Gasteiger partial charge in [0.05, 0.1) is 6.61 Å². The van der Waals surface area contributed by atoms with Crippen molar-refractivity contribution in [1.29, 1.82) is 0 Å². The Bertz CT molecular complexity index is 161. The molecule has 0 saturated carbocycles. The Morgan fingerprint density at radius 1 is 1.33 bits per heavy atom. The van der Waals surface area contributed by atoms with Gasteiger partial charge < -0.3 is 9.64 Å². The van der Waals surface area contributed by atoms with E-state index in [2.05, 4.69) is 16.8 Å². The van der Waals surface area contributed by atoms with E-state index < -0.39 is 0 Å². The molecule has 2 bridgehead atoms. The highest BCUT2D eigenvalue weighted by atomic mass is 16.5. The van der Waals surface area contributed by atoms with Crippen molar-refractivity contribution in [2.24, 2.45) is 0 Å². The van der Waals surface area contributed by atoms with Gasteiger partial charge in [0.1, 0.15) is 0 Å². The fraction of sp³-hybridized carbons (Fsp3) is 1.00. The van der Waals surface area contributed by atoms with E-state index in [1.165, 1.54) is 19.5 Å². The maximum atomic E-state index is 5.08. The highest BCUT2D eigenvalue weighted by molar-refractivity contribution is 4.97. The van der Waals surface area contributed by atoms with E-state index in [0.29, 0.717) is 0 Å². The van der Waals surface area contributed by atoms with Crippen LogP contribution in [-0.4, -0.2) is 62.3 Å². The number of piperazine rings is 1. The molecule has 70 valence electrons. The van der Waals surface area contributed by atoms with E-state index in [1.54, 1.807) is 7.11 Å². The second-order valence-electron chi connectivity index (χ2n) is 3.97. The summed E-state index contributed by atoms with van der Waals surface area (Å²) in [6.07, 6.45) is 1.38. The predicted octanol–water partition coefficient (Wildman–Crippen LogP) is 0.0211. The third kappa shape index (κ3) is 1.37. The van der Waals surface area contributed by atoms with Gasteiger partial charge in [-0.05, 0) is 13.5 Å². The third-order valence-electron chi connectivity index (χ3n) is 3.21. The minimum atomic E-state index is 0.815. The molecule has 0 spiro atoms. The Labute approximate surface area is 74.3 Å². The van der Waals surface area contributed by atoms with Crippen LogP contribution in [0.2, 0.25) is 0 Å². The minimum absolute atomic E-state index is 0.815. The molecule has 2 saturated heterocycles. The monoisotopic (exact) mass is 170 g/mol. The van der Waals surface area contributed by atoms with E-state index in [1.807, 2.05) is 0 Å². The van der Waals surface area contributed by atoms with Crippen molar-refractivity contribution in [2.45, 2.75) is 18.5 Å². The summed E-state index contributed by atoms with van der Waals surface area (Å²) in [5.74, 6) is 0. The lowest BCUT2D eigenvalue weighted by atomic mass is 10.2. The minimum Gasteiger partial charge on any atom is -0.383 e. The summed E-state index contributed by atoms with van der Waals surface area (Å²) in [4.78, 5) is 5.04. The molecule has 2 unspecified atom stereocenters. The summed E-state index contributed by atoms with van der Waals surface area (Å²) < 4.78 is 5.08. The Kier molecular flexibility index (Phi) is 2.35. The first-order chi connectivity index (χ1) is 5.81. The predicted molar refractivity (Wildman–Crippen MR) is 48.3 cm³/mol. The lowest BCUT2D eigenvalue weighted by molar-refractivity contribution is 0.104. The van der Waals surface area contributed by atoms with Gasteiger partial charge >= 0.3 is 0 Å². The topological polar surface area (TPSA) is 15.7 Å². The van der Waals surface area contributed by atoms with Gasteiger partial charge in [-0.1, -0.05) is 0 Å². The number of methoxy groups -OCH3 is 1. The maximum absolute atomic E-state index is 5.08. The van der Waals surface area contributed by atoms with Gasteiger partial charge in [-0.15, -0.1) is 0 Å². The van der Waals surface area contributed by atoms with Gasteiger partial charge in [-0.25, -0.2) is 0 Å².